The van der Waals surface area contributed by atoms with Crippen molar-refractivity contribution in [3.63, 3.8) is 0 Å². The van der Waals surface area contributed by atoms with Crippen molar-refractivity contribution in [3.05, 3.63) is 23.7 Å². The maximum absolute atomic E-state index is 11.7. The number of nitrogens with one attached hydrogen (secondary N) is 1. The Balaban J connectivity index is 2.02. The highest BCUT2D eigenvalue weighted by atomic mass is 19.3. The van der Waals surface area contributed by atoms with Crippen LogP contribution in [0.2, 0.25) is 0 Å². The molecule has 0 aliphatic heterocycles. The Morgan fingerprint density at radius 2 is 2.12 bits per heavy atom. The van der Waals surface area contributed by atoms with Gasteiger partial charge in [0.2, 0.25) is 0 Å². The van der Waals surface area contributed by atoms with Crippen LogP contribution in [0, 0.1) is 0 Å². The summed E-state index contributed by atoms with van der Waals surface area (Å²) in [5, 5.41) is 11.7. The number of hydrogen-bond acceptors (Lipinski definition) is 4. The van der Waals surface area contributed by atoms with Crippen molar-refractivity contribution >= 4 is 0 Å². The van der Waals surface area contributed by atoms with Crippen LogP contribution in [0.25, 0.3) is 0 Å². The van der Waals surface area contributed by atoms with Crippen LogP contribution in [-0.2, 0) is 17.9 Å². The van der Waals surface area contributed by atoms with Crippen LogP contribution in [-0.4, -0.2) is 31.3 Å². The molecule has 0 amide bonds. The fourth-order valence-electron chi connectivity index (χ4n) is 1.13. The van der Waals surface area contributed by atoms with Gasteiger partial charge in [-0.3, -0.25) is 0 Å². The largest absolute Gasteiger partial charge is 0.462 e. The molecule has 1 heterocycles. The van der Waals surface area contributed by atoms with Crippen LogP contribution in [0.4, 0.5) is 8.78 Å². The minimum absolute atomic E-state index is 0.127. The highest BCUT2D eigenvalue weighted by Gasteiger charge is 2.02. The number of rotatable bonds is 8. The van der Waals surface area contributed by atoms with E-state index in [-0.39, 0.29) is 13.2 Å². The molecule has 0 radical (unpaired) electrons. The zero-order valence-corrected chi connectivity index (χ0v) is 8.79. The van der Waals surface area contributed by atoms with Gasteiger partial charge in [0.25, 0.3) is 6.43 Å². The lowest BCUT2D eigenvalue weighted by molar-refractivity contribution is 0.0186. The Kier molecular flexibility index (Phi) is 5.99. The molecule has 1 aromatic heterocycles. The second kappa shape index (κ2) is 7.32. The van der Waals surface area contributed by atoms with Gasteiger partial charge < -0.3 is 19.6 Å². The normalized spacial score (nSPS) is 11.2. The highest BCUT2D eigenvalue weighted by Crippen LogP contribution is 2.06. The van der Waals surface area contributed by atoms with Crippen molar-refractivity contribution in [2.45, 2.75) is 19.6 Å². The molecule has 0 aliphatic rings. The molecule has 1 aromatic rings. The molecule has 6 heteroatoms. The van der Waals surface area contributed by atoms with Gasteiger partial charge in [-0.2, -0.15) is 0 Å². The van der Waals surface area contributed by atoms with Gasteiger partial charge in [-0.15, -0.1) is 0 Å². The van der Waals surface area contributed by atoms with Crippen LogP contribution in [0.5, 0.6) is 0 Å². The molecular formula is C10H15F2NO3. The van der Waals surface area contributed by atoms with E-state index in [1.165, 1.54) is 0 Å². The van der Waals surface area contributed by atoms with Gasteiger partial charge in [-0.05, 0) is 12.1 Å². The Morgan fingerprint density at radius 3 is 2.75 bits per heavy atom. The molecular weight excluding hydrogens is 220 g/mol. The van der Waals surface area contributed by atoms with E-state index in [2.05, 4.69) is 10.1 Å². The molecule has 0 fully saturated rings. The van der Waals surface area contributed by atoms with Crippen molar-refractivity contribution in [1.82, 2.24) is 5.32 Å². The van der Waals surface area contributed by atoms with E-state index in [9.17, 15) is 8.78 Å². The second-order valence-corrected chi connectivity index (χ2v) is 3.17. The summed E-state index contributed by atoms with van der Waals surface area (Å²) in [7, 11) is 0. The van der Waals surface area contributed by atoms with Crippen LogP contribution in [0.15, 0.2) is 16.5 Å². The smallest absolute Gasteiger partial charge is 0.261 e. The maximum Gasteiger partial charge on any atom is 0.261 e. The summed E-state index contributed by atoms with van der Waals surface area (Å²) < 4.78 is 33.2. The molecule has 16 heavy (non-hydrogen) atoms. The monoisotopic (exact) mass is 235 g/mol. The number of aliphatic hydroxyl groups excluding tert-OH is 1. The summed E-state index contributed by atoms with van der Waals surface area (Å²) in [5.41, 5.74) is 0. The molecule has 0 unspecified atom stereocenters. The fourth-order valence-corrected chi connectivity index (χ4v) is 1.13. The van der Waals surface area contributed by atoms with E-state index in [0.717, 1.165) is 0 Å². The van der Waals surface area contributed by atoms with E-state index >= 15 is 0 Å². The Bertz CT molecular complexity index is 291. The summed E-state index contributed by atoms with van der Waals surface area (Å²) in [4.78, 5) is 0. The summed E-state index contributed by atoms with van der Waals surface area (Å²) in [6.45, 7) is 0.534. The second-order valence-electron chi connectivity index (χ2n) is 3.17. The third kappa shape index (κ3) is 5.20. The van der Waals surface area contributed by atoms with Gasteiger partial charge in [0.15, 0.2) is 0 Å². The Hall–Kier alpha value is -0.980. The van der Waals surface area contributed by atoms with E-state index in [1.54, 1.807) is 12.1 Å². The van der Waals surface area contributed by atoms with Gasteiger partial charge >= 0.3 is 0 Å². The van der Waals surface area contributed by atoms with Crippen LogP contribution in [0.1, 0.15) is 11.5 Å². The van der Waals surface area contributed by atoms with Gasteiger partial charge in [-0.1, -0.05) is 0 Å². The zero-order valence-electron chi connectivity index (χ0n) is 8.79. The van der Waals surface area contributed by atoms with E-state index in [1.807, 2.05) is 0 Å². The Labute approximate surface area is 92.2 Å². The average Bonchev–Trinajstić information content (AvgIpc) is 2.70. The van der Waals surface area contributed by atoms with Crippen molar-refractivity contribution < 1.29 is 23.0 Å². The summed E-state index contributed by atoms with van der Waals surface area (Å²) in [6.07, 6.45) is -2.42. The lowest BCUT2D eigenvalue weighted by Gasteiger charge is -2.04. The molecule has 0 saturated heterocycles. The molecule has 0 aromatic carbocycles. The molecule has 0 bridgehead atoms. The average molecular weight is 235 g/mol. The topological polar surface area (TPSA) is 54.6 Å². The molecule has 2 N–H and O–H groups in total. The minimum Gasteiger partial charge on any atom is -0.462 e. The first-order chi connectivity index (χ1) is 7.72. The summed E-state index contributed by atoms with van der Waals surface area (Å²) in [6, 6.07) is 3.43. The number of halogens is 2. The fraction of sp³-hybridized carbons (Fsp3) is 0.600. The first kappa shape index (κ1) is 13.1. The zero-order chi connectivity index (χ0) is 11.8. The number of aliphatic hydroxyl groups is 1. The molecule has 0 saturated carbocycles. The highest BCUT2D eigenvalue weighted by molar-refractivity contribution is 5.05. The van der Waals surface area contributed by atoms with Gasteiger partial charge in [0.1, 0.15) is 24.7 Å². The van der Waals surface area contributed by atoms with Crippen LogP contribution < -0.4 is 5.32 Å². The van der Waals surface area contributed by atoms with E-state index in [0.29, 0.717) is 24.6 Å². The number of alkyl halides is 2. The third-order valence-corrected chi connectivity index (χ3v) is 1.84. The SMILES string of the molecule is OCc1ccc(CNCCOCC(F)F)o1. The molecule has 4 nitrogen and oxygen atoms in total. The first-order valence-corrected chi connectivity index (χ1v) is 4.97. The van der Waals surface area contributed by atoms with Crippen molar-refractivity contribution in [2.75, 3.05) is 19.8 Å². The third-order valence-electron chi connectivity index (χ3n) is 1.84. The lowest BCUT2D eigenvalue weighted by atomic mass is 10.4. The predicted molar refractivity (Wildman–Crippen MR) is 53.2 cm³/mol. The standard InChI is InChI=1S/C10H15F2NO3/c11-10(12)7-15-4-3-13-5-8-1-2-9(6-14)16-8/h1-2,10,13-14H,3-7H2. The van der Waals surface area contributed by atoms with Crippen molar-refractivity contribution in [3.8, 4) is 0 Å². The molecule has 1 rings (SSSR count). The first-order valence-electron chi connectivity index (χ1n) is 4.97. The van der Waals surface area contributed by atoms with Crippen molar-refractivity contribution in [1.29, 1.82) is 0 Å². The summed E-state index contributed by atoms with van der Waals surface area (Å²) >= 11 is 0. The van der Waals surface area contributed by atoms with Gasteiger partial charge in [0.05, 0.1) is 13.2 Å². The van der Waals surface area contributed by atoms with E-state index < -0.39 is 13.0 Å². The predicted octanol–water partition coefficient (Wildman–Crippen LogP) is 1.14. The number of ether oxygens (including phenoxy) is 1. The quantitative estimate of drug-likeness (QED) is 0.663. The molecule has 0 atom stereocenters. The van der Waals surface area contributed by atoms with Crippen molar-refractivity contribution in [2.24, 2.45) is 0 Å². The van der Waals surface area contributed by atoms with E-state index in [4.69, 9.17) is 9.52 Å². The van der Waals surface area contributed by atoms with Gasteiger partial charge in [-0.25, -0.2) is 8.78 Å². The maximum atomic E-state index is 11.7. The molecule has 0 aliphatic carbocycles. The lowest BCUT2D eigenvalue weighted by Crippen LogP contribution is -2.20. The van der Waals surface area contributed by atoms with Gasteiger partial charge in [0, 0.05) is 6.54 Å². The molecule has 0 spiro atoms. The number of hydrogen-bond donors (Lipinski definition) is 2. The summed E-state index contributed by atoms with van der Waals surface area (Å²) in [5.74, 6) is 1.20. The minimum atomic E-state index is -2.42. The molecule has 92 valence electrons. The Morgan fingerprint density at radius 1 is 1.38 bits per heavy atom. The van der Waals surface area contributed by atoms with Crippen LogP contribution >= 0.6 is 0 Å². The van der Waals surface area contributed by atoms with Crippen LogP contribution in [0.3, 0.4) is 0 Å². The number of furan rings is 1.